The van der Waals surface area contributed by atoms with Gasteiger partial charge >= 0.3 is 5.97 Å². The van der Waals surface area contributed by atoms with Gasteiger partial charge in [-0.1, -0.05) is 0 Å². The molecule has 2 aromatic heterocycles. The second kappa shape index (κ2) is 6.66. The third-order valence-electron chi connectivity index (χ3n) is 4.14. The van der Waals surface area contributed by atoms with Crippen LogP contribution in [0.1, 0.15) is 55.2 Å². The maximum Gasteiger partial charge on any atom is 0.340 e. The Hall–Kier alpha value is -1.95. The molecule has 0 amide bonds. The highest BCUT2D eigenvalue weighted by molar-refractivity contribution is 5.94. The number of esters is 1. The van der Waals surface area contributed by atoms with E-state index < -0.39 is 0 Å². The molecule has 1 aliphatic heterocycles. The van der Waals surface area contributed by atoms with Gasteiger partial charge in [0.15, 0.2) is 5.65 Å². The highest BCUT2D eigenvalue weighted by Crippen LogP contribution is 2.20. The molecule has 1 atom stereocenters. The summed E-state index contributed by atoms with van der Waals surface area (Å²) >= 11 is 0. The number of carbonyl (C=O) groups excluding carboxylic acids is 1. The van der Waals surface area contributed by atoms with E-state index in [9.17, 15) is 4.79 Å². The lowest BCUT2D eigenvalue weighted by molar-refractivity contribution is -0.0300. The van der Waals surface area contributed by atoms with Gasteiger partial charge in [0.1, 0.15) is 6.61 Å². The fourth-order valence-corrected chi connectivity index (χ4v) is 2.84. The Balaban J connectivity index is 1.76. The first-order valence-corrected chi connectivity index (χ1v) is 8.20. The summed E-state index contributed by atoms with van der Waals surface area (Å²) in [6.07, 6.45) is 4.93. The molecule has 1 fully saturated rings. The molecule has 1 aliphatic rings. The average molecular weight is 317 g/mol. The summed E-state index contributed by atoms with van der Waals surface area (Å²) in [4.78, 5) is 16.9. The maximum atomic E-state index is 12.3. The number of hydrogen-bond donors (Lipinski definition) is 0. The van der Waals surface area contributed by atoms with Crippen molar-refractivity contribution in [1.82, 2.24) is 14.8 Å². The zero-order valence-corrected chi connectivity index (χ0v) is 13.9. The molecule has 1 saturated heterocycles. The molecule has 0 radical (unpaired) electrons. The Kier molecular flexibility index (Phi) is 4.61. The molecule has 6 heteroatoms. The van der Waals surface area contributed by atoms with Crippen LogP contribution in [0.4, 0.5) is 0 Å². The molecule has 3 rings (SSSR count). The summed E-state index contributed by atoms with van der Waals surface area (Å²) in [5.74, 6) is -0.344. The Morgan fingerprint density at radius 2 is 2.30 bits per heavy atom. The first kappa shape index (κ1) is 15.9. The highest BCUT2D eigenvalue weighted by atomic mass is 16.6. The van der Waals surface area contributed by atoms with Gasteiger partial charge in [-0.25, -0.2) is 14.5 Å². The molecular weight excluding hydrogens is 294 g/mol. The predicted octanol–water partition coefficient (Wildman–Crippen LogP) is 3.05. The molecule has 6 nitrogen and oxygen atoms in total. The monoisotopic (exact) mass is 317 g/mol. The van der Waals surface area contributed by atoms with Gasteiger partial charge in [-0.05, 0) is 46.1 Å². The van der Waals surface area contributed by atoms with E-state index >= 15 is 0 Å². The van der Waals surface area contributed by atoms with Crippen LogP contribution in [-0.4, -0.2) is 40.1 Å². The summed E-state index contributed by atoms with van der Waals surface area (Å²) in [7, 11) is 0. The first-order chi connectivity index (χ1) is 11.1. The second-order valence-electron chi connectivity index (χ2n) is 6.30. The molecule has 0 aromatic carbocycles. The van der Waals surface area contributed by atoms with Crippen molar-refractivity contribution < 1.29 is 14.3 Å². The molecule has 2 aromatic rings. The summed E-state index contributed by atoms with van der Waals surface area (Å²) < 4.78 is 12.9. The Morgan fingerprint density at radius 3 is 3.00 bits per heavy atom. The lowest BCUT2D eigenvalue weighted by Crippen LogP contribution is -2.26. The molecule has 0 bridgehead atoms. The van der Waals surface area contributed by atoms with Crippen molar-refractivity contribution >= 4 is 17.0 Å². The minimum absolute atomic E-state index is 0.0217. The van der Waals surface area contributed by atoms with Gasteiger partial charge in [0.25, 0.3) is 0 Å². The smallest absolute Gasteiger partial charge is 0.340 e. The van der Waals surface area contributed by atoms with Crippen molar-refractivity contribution in [3.63, 3.8) is 0 Å². The molecule has 1 unspecified atom stereocenters. The summed E-state index contributed by atoms with van der Waals surface area (Å²) in [6.45, 7) is 6.99. The second-order valence-corrected chi connectivity index (χ2v) is 6.30. The maximum absolute atomic E-state index is 12.3. The number of rotatable bonds is 4. The van der Waals surface area contributed by atoms with Crippen LogP contribution in [0.3, 0.4) is 0 Å². The van der Waals surface area contributed by atoms with Crippen molar-refractivity contribution in [1.29, 1.82) is 0 Å². The van der Waals surface area contributed by atoms with Crippen LogP contribution >= 0.6 is 0 Å². The SMILES string of the molecule is Cc1nc2c(cnn2C(C)C)cc1C(=O)OCC1CCCCO1. The largest absolute Gasteiger partial charge is 0.459 e. The topological polar surface area (TPSA) is 66.2 Å². The minimum atomic E-state index is -0.344. The number of nitrogens with zero attached hydrogens (tertiary/aromatic N) is 3. The normalized spacial score (nSPS) is 18.5. The number of hydrogen-bond acceptors (Lipinski definition) is 5. The van der Waals surface area contributed by atoms with E-state index in [0.717, 1.165) is 36.9 Å². The van der Waals surface area contributed by atoms with Crippen molar-refractivity contribution in [2.75, 3.05) is 13.2 Å². The summed E-state index contributed by atoms with van der Waals surface area (Å²) in [5, 5.41) is 5.19. The number of ether oxygens (including phenoxy) is 2. The fourth-order valence-electron chi connectivity index (χ4n) is 2.84. The predicted molar refractivity (Wildman–Crippen MR) is 86.5 cm³/mol. The Bertz CT molecular complexity index is 702. The fraction of sp³-hybridized carbons (Fsp3) is 0.588. The third-order valence-corrected chi connectivity index (χ3v) is 4.14. The lowest BCUT2D eigenvalue weighted by Gasteiger charge is -2.22. The van der Waals surface area contributed by atoms with Crippen LogP contribution in [-0.2, 0) is 9.47 Å². The number of pyridine rings is 1. The van der Waals surface area contributed by atoms with Gasteiger partial charge in [-0.3, -0.25) is 0 Å². The van der Waals surface area contributed by atoms with Gasteiger partial charge in [0.05, 0.1) is 23.6 Å². The van der Waals surface area contributed by atoms with Gasteiger partial charge in [-0.2, -0.15) is 5.10 Å². The number of carbonyl (C=O) groups is 1. The Labute approximate surface area is 135 Å². The van der Waals surface area contributed by atoms with Crippen molar-refractivity contribution in [3.8, 4) is 0 Å². The molecule has 0 aliphatic carbocycles. The minimum Gasteiger partial charge on any atom is -0.459 e. The van der Waals surface area contributed by atoms with Crippen molar-refractivity contribution in [2.24, 2.45) is 0 Å². The van der Waals surface area contributed by atoms with Gasteiger partial charge in [-0.15, -0.1) is 0 Å². The lowest BCUT2D eigenvalue weighted by atomic mass is 10.1. The van der Waals surface area contributed by atoms with Crippen molar-refractivity contribution in [2.45, 2.75) is 52.2 Å². The molecule has 0 spiro atoms. The molecule has 124 valence electrons. The van der Waals surface area contributed by atoms with E-state index in [2.05, 4.69) is 23.9 Å². The van der Waals surface area contributed by atoms with E-state index in [0.29, 0.717) is 17.9 Å². The van der Waals surface area contributed by atoms with Crippen LogP contribution in [0, 0.1) is 6.92 Å². The van der Waals surface area contributed by atoms with Crippen LogP contribution < -0.4 is 0 Å². The standard InChI is InChI=1S/C17H23N3O3/c1-11(2)20-16-13(9-18-20)8-15(12(3)19-16)17(21)23-10-14-6-4-5-7-22-14/h8-9,11,14H,4-7,10H2,1-3H3. The van der Waals surface area contributed by atoms with Crippen LogP contribution in [0.2, 0.25) is 0 Å². The summed E-state index contributed by atoms with van der Waals surface area (Å²) in [5.41, 5.74) is 1.95. The van der Waals surface area contributed by atoms with Gasteiger partial charge in [0.2, 0.25) is 0 Å². The van der Waals surface area contributed by atoms with E-state index in [-0.39, 0.29) is 18.1 Å². The van der Waals surface area contributed by atoms with Gasteiger partial charge < -0.3 is 9.47 Å². The molecule has 3 heterocycles. The van der Waals surface area contributed by atoms with E-state index in [1.807, 2.05) is 17.7 Å². The number of aromatic nitrogens is 3. The summed E-state index contributed by atoms with van der Waals surface area (Å²) in [6, 6.07) is 2.04. The zero-order chi connectivity index (χ0) is 16.4. The highest BCUT2D eigenvalue weighted by Gasteiger charge is 2.19. The molecule has 0 saturated carbocycles. The van der Waals surface area contributed by atoms with E-state index in [4.69, 9.17) is 9.47 Å². The molecule has 0 N–H and O–H groups in total. The third kappa shape index (κ3) is 3.37. The number of aryl methyl sites for hydroxylation is 1. The van der Waals surface area contributed by atoms with Crippen molar-refractivity contribution in [3.05, 3.63) is 23.5 Å². The zero-order valence-electron chi connectivity index (χ0n) is 13.9. The quantitative estimate of drug-likeness (QED) is 0.811. The molecule has 23 heavy (non-hydrogen) atoms. The van der Waals surface area contributed by atoms with Crippen LogP contribution in [0.15, 0.2) is 12.3 Å². The van der Waals surface area contributed by atoms with Crippen LogP contribution in [0.5, 0.6) is 0 Å². The van der Waals surface area contributed by atoms with E-state index in [1.54, 1.807) is 6.20 Å². The van der Waals surface area contributed by atoms with Crippen LogP contribution in [0.25, 0.3) is 11.0 Å². The molecular formula is C17H23N3O3. The number of fused-ring (bicyclic) bond motifs is 1. The van der Waals surface area contributed by atoms with E-state index in [1.165, 1.54) is 0 Å². The van der Waals surface area contributed by atoms with Gasteiger partial charge in [0, 0.05) is 18.0 Å². The Morgan fingerprint density at radius 1 is 1.48 bits per heavy atom. The average Bonchev–Trinajstić information content (AvgIpc) is 2.95. The first-order valence-electron chi connectivity index (χ1n) is 8.20.